The van der Waals surface area contributed by atoms with Gasteiger partial charge in [0.05, 0.1) is 11.3 Å². The molecular formula is C23H17FN6O3. The van der Waals surface area contributed by atoms with Crippen LogP contribution in [0.25, 0.3) is 22.8 Å². The molecule has 1 aliphatic heterocycles. The third-order valence-electron chi connectivity index (χ3n) is 5.33. The lowest BCUT2D eigenvalue weighted by molar-refractivity contribution is -0.123. The summed E-state index contributed by atoms with van der Waals surface area (Å²) in [6.07, 6.45) is 1.56. The van der Waals surface area contributed by atoms with Gasteiger partial charge < -0.3 is 15.2 Å². The summed E-state index contributed by atoms with van der Waals surface area (Å²) in [5.41, 5.74) is 0.697. The first kappa shape index (κ1) is 20.3. The normalized spacial score (nSPS) is 17.5. The summed E-state index contributed by atoms with van der Waals surface area (Å²) < 4.78 is 19.5. The van der Waals surface area contributed by atoms with E-state index in [9.17, 15) is 14.0 Å². The lowest BCUT2D eigenvalue weighted by Gasteiger charge is -2.21. The van der Waals surface area contributed by atoms with Crippen LogP contribution in [0.1, 0.15) is 12.5 Å². The number of hydrogen-bond donors (Lipinski definition) is 3. The molecule has 3 N–H and O–H groups in total. The molecule has 33 heavy (non-hydrogen) atoms. The molecule has 5 rings (SSSR count). The molecule has 2 aromatic carbocycles. The number of imide groups is 1. The molecule has 1 unspecified atom stereocenters. The van der Waals surface area contributed by atoms with Crippen molar-refractivity contribution >= 4 is 23.4 Å². The van der Waals surface area contributed by atoms with Gasteiger partial charge in [-0.25, -0.2) is 14.2 Å². The summed E-state index contributed by atoms with van der Waals surface area (Å²) in [6.45, 7) is 1.62. The molecule has 2 aromatic heterocycles. The minimum Gasteiger partial charge on any atom is -0.337 e. The molecule has 164 valence electrons. The van der Waals surface area contributed by atoms with E-state index in [0.717, 1.165) is 0 Å². The molecule has 1 atom stereocenters. The molecule has 4 aromatic rings. The summed E-state index contributed by atoms with van der Waals surface area (Å²) in [5, 5.41) is 11.9. The fourth-order valence-corrected chi connectivity index (χ4v) is 3.53. The number of carbonyl (C=O) groups is 2. The second kappa shape index (κ2) is 7.83. The van der Waals surface area contributed by atoms with E-state index in [1.165, 1.54) is 6.07 Å². The number of halogens is 1. The average molecular weight is 444 g/mol. The van der Waals surface area contributed by atoms with Crippen molar-refractivity contribution in [2.45, 2.75) is 12.5 Å². The van der Waals surface area contributed by atoms with Crippen molar-refractivity contribution in [2.24, 2.45) is 0 Å². The van der Waals surface area contributed by atoms with E-state index in [2.05, 4.69) is 31.1 Å². The second-order valence-electron chi connectivity index (χ2n) is 7.54. The van der Waals surface area contributed by atoms with Crippen LogP contribution in [-0.4, -0.2) is 27.1 Å². The Morgan fingerprint density at radius 1 is 1.06 bits per heavy atom. The standard InChI is InChI=1S/C23H17FN6O3/c1-23(21(31)28-22(32)29-23)14-7-4-6-13(12-14)18-27-20(33-30-18)15-8-5-11-25-19(15)26-17-10-3-2-9-16(17)24/h2-12H,1H3,(H,25,26)(H2,28,29,31,32). The van der Waals surface area contributed by atoms with Crippen LogP contribution in [-0.2, 0) is 10.3 Å². The molecule has 0 bridgehead atoms. The van der Waals surface area contributed by atoms with E-state index in [1.54, 1.807) is 67.7 Å². The number of hydrogen-bond acceptors (Lipinski definition) is 7. The lowest BCUT2D eigenvalue weighted by Crippen LogP contribution is -2.40. The fourth-order valence-electron chi connectivity index (χ4n) is 3.53. The SMILES string of the molecule is CC1(c2cccc(-c3noc(-c4cccnc4Nc4ccccc4F)n3)c2)NC(=O)NC1=O. The summed E-state index contributed by atoms with van der Waals surface area (Å²) in [7, 11) is 0. The van der Waals surface area contributed by atoms with Gasteiger partial charge >= 0.3 is 6.03 Å². The van der Waals surface area contributed by atoms with Gasteiger partial charge in [-0.05, 0) is 42.8 Å². The zero-order valence-corrected chi connectivity index (χ0v) is 17.3. The first-order valence-electron chi connectivity index (χ1n) is 9.99. The van der Waals surface area contributed by atoms with Crippen LogP contribution < -0.4 is 16.0 Å². The third-order valence-corrected chi connectivity index (χ3v) is 5.33. The molecule has 0 aliphatic carbocycles. The Balaban J connectivity index is 1.47. The molecule has 1 saturated heterocycles. The molecule has 1 fully saturated rings. The van der Waals surface area contributed by atoms with Gasteiger partial charge in [0.25, 0.3) is 11.8 Å². The van der Waals surface area contributed by atoms with E-state index in [1.807, 2.05) is 0 Å². The van der Waals surface area contributed by atoms with E-state index >= 15 is 0 Å². The molecule has 0 spiro atoms. The predicted octanol–water partition coefficient (Wildman–Crippen LogP) is 3.74. The molecular weight excluding hydrogens is 427 g/mol. The predicted molar refractivity (Wildman–Crippen MR) is 117 cm³/mol. The molecule has 1 aliphatic rings. The maximum Gasteiger partial charge on any atom is 0.322 e. The second-order valence-corrected chi connectivity index (χ2v) is 7.54. The average Bonchev–Trinajstić information content (AvgIpc) is 3.40. The van der Waals surface area contributed by atoms with E-state index in [4.69, 9.17) is 4.52 Å². The van der Waals surface area contributed by atoms with Crippen LogP contribution in [0.5, 0.6) is 0 Å². The molecule has 0 saturated carbocycles. The largest absolute Gasteiger partial charge is 0.337 e. The smallest absolute Gasteiger partial charge is 0.322 e. The zero-order valence-electron chi connectivity index (χ0n) is 17.3. The first-order chi connectivity index (χ1) is 15.9. The number of pyridine rings is 1. The summed E-state index contributed by atoms with van der Waals surface area (Å²) in [4.78, 5) is 32.6. The Kier molecular flexibility index (Phi) is 4.82. The maximum atomic E-state index is 14.1. The summed E-state index contributed by atoms with van der Waals surface area (Å²) >= 11 is 0. The van der Waals surface area contributed by atoms with Crippen LogP contribution in [0.3, 0.4) is 0 Å². The zero-order chi connectivity index (χ0) is 23.0. The number of amides is 3. The Labute approximate surface area is 187 Å². The highest BCUT2D eigenvalue weighted by molar-refractivity contribution is 6.07. The fraction of sp³-hybridized carbons (Fsp3) is 0.0870. The molecule has 9 nitrogen and oxygen atoms in total. The minimum absolute atomic E-state index is 0.181. The number of carbonyl (C=O) groups excluding carboxylic acids is 2. The Morgan fingerprint density at radius 3 is 2.70 bits per heavy atom. The number of nitrogens with zero attached hydrogens (tertiary/aromatic N) is 3. The molecule has 3 heterocycles. The summed E-state index contributed by atoms with van der Waals surface area (Å²) in [6, 6.07) is 16.1. The van der Waals surface area contributed by atoms with Crippen molar-refractivity contribution < 1.29 is 18.5 Å². The molecule has 3 amide bonds. The van der Waals surface area contributed by atoms with Crippen molar-refractivity contribution in [3.63, 3.8) is 0 Å². The Morgan fingerprint density at radius 2 is 1.91 bits per heavy atom. The van der Waals surface area contributed by atoms with Crippen LogP contribution in [0.4, 0.5) is 20.7 Å². The van der Waals surface area contributed by atoms with Crippen molar-refractivity contribution in [3.05, 3.63) is 78.2 Å². The quantitative estimate of drug-likeness (QED) is 0.401. The van der Waals surface area contributed by atoms with Crippen LogP contribution >= 0.6 is 0 Å². The third kappa shape index (κ3) is 3.67. The van der Waals surface area contributed by atoms with Gasteiger partial charge in [-0.2, -0.15) is 4.98 Å². The highest BCUT2D eigenvalue weighted by atomic mass is 19.1. The van der Waals surface area contributed by atoms with Gasteiger partial charge in [0.1, 0.15) is 17.2 Å². The van der Waals surface area contributed by atoms with Crippen LogP contribution in [0, 0.1) is 5.82 Å². The topological polar surface area (TPSA) is 122 Å². The van der Waals surface area contributed by atoms with Crippen molar-refractivity contribution in [2.75, 3.05) is 5.32 Å². The van der Waals surface area contributed by atoms with Crippen LogP contribution in [0.15, 0.2) is 71.4 Å². The number of nitrogens with one attached hydrogen (secondary N) is 3. The van der Waals surface area contributed by atoms with E-state index < -0.39 is 23.3 Å². The van der Waals surface area contributed by atoms with Gasteiger partial charge in [0.2, 0.25) is 5.82 Å². The number of anilines is 2. The van der Waals surface area contributed by atoms with E-state index in [0.29, 0.717) is 22.5 Å². The number of rotatable bonds is 5. The van der Waals surface area contributed by atoms with Crippen molar-refractivity contribution in [1.29, 1.82) is 0 Å². The van der Waals surface area contributed by atoms with Gasteiger partial charge in [-0.3, -0.25) is 10.1 Å². The molecule has 10 heteroatoms. The minimum atomic E-state index is -1.21. The van der Waals surface area contributed by atoms with Gasteiger partial charge in [0.15, 0.2) is 0 Å². The summed E-state index contributed by atoms with van der Waals surface area (Å²) in [5.74, 6) is -0.0583. The van der Waals surface area contributed by atoms with Gasteiger partial charge in [-0.1, -0.05) is 35.5 Å². The number of para-hydroxylation sites is 1. The van der Waals surface area contributed by atoms with Crippen molar-refractivity contribution in [3.8, 4) is 22.8 Å². The highest BCUT2D eigenvalue weighted by Crippen LogP contribution is 2.31. The number of benzene rings is 2. The Bertz CT molecular complexity index is 1390. The van der Waals surface area contributed by atoms with Crippen molar-refractivity contribution in [1.82, 2.24) is 25.8 Å². The van der Waals surface area contributed by atoms with Crippen LogP contribution in [0.2, 0.25) is 0 Å². The molecule has 0 radical (unpaired) electrons. The number of aromatic nitrogens is 3. The monoisotopic (exact) mass is 444 g/mol. The highest BCUT2D eigenvalue weighted by Gasteiger charge is 2.43. The van der Waals surface area contributed by atoms with Gasteiger partial charge in [-0.15, -0.1) is 0 Å². The lowest BCUT2D eigenvalue weighted by atomic mass is 9.91. The maximum absolute atomic E-state index is 14.1. The van der Waals surface area contributed by atoms with E-state index in [-0.39, 0.29) is 17.4 Å². The Hall–Kier alpha value is -4.60. The first-order valence-corrected chi connectivity index (χ1v) is 9.99. The number of urea groups is 1. The van der Waals surface area contributed by atoms with Gasteiger partial charge in [0, 0.05) is 11.8 Å².